The maximum atomic E-state index is 12.6. The van der Waals surface area contributed by atoms with Crippen molar-refractivity contribution in [2.45, 2.75) is 25.3 Å². The number of hydrogen-bond acceptors (Lipinski definition) is 2. The highest BCUT2D eigenvalue weighted by atomic mass is 16.4. The van der Waals surface area contributed by atoms with Gasteiger partial charge in [-0.3, -0.25) is 9.59 Å². The van der Waals surface area contributed by atoms with Crippen LogP contribution < -0.4 is 5.32 Å². The molecule has 23 heavy (non-hydrogen) atoms. The fourth-order valence-corrected chi connectivity index (χ4v) is 3.05. The molecule has 0 fully saturated rings. The van der Waals surface area contributed by atoms with Crippen molar-refractivity contribution in [3.63, 3.8) is 0 Å². The van der Waals surface area contributed by atoms with Crippen LogP contribution in [0.25, 0.3) is 0 Å². The highest BCUT2D eigenvalue weighted by Gasteiger charge is 2.35. The highest BCUT2D eigenvalue weighted by Crippen LogP contribution is 2.35. The van der Waals surface area contributed by atoms with Crippen LogP contribution in [0.4, 0.5) is 0 Å². The van der Waals surface area contributed by atoms with Gasteiger partial charge in [0.05, 0.1) is 17.9 Å². The second kappa shape index (κ2) is 6.24. The van der Waals surface area contributed by atoms with Gasteiger partial charge >= 0.3 is 5.97 Å². The molecular weight excluding hydrogens is 290 g/mol. The van der Waals surface area contributed by atoms with E-state index in [4.69, 9.17) is 0 Å². The first-order chi connectivity index (χ1) is 11.1. The lowest BCUT2D eigenvalue weighted by Crippen LogP contribution is -2.41. The van der Waals surface area contributed by atoms with Crippen LogP contribution in [0.1, 0.15) is 35.6 Å². The van der Waals surface area contributed by atoms with Crippen LogP contribution in [-0.4, -0.2) is 17.0 Å². The molecule has 0 radical (unpaired) electrons. The van der Waals surface area contributed by atoms with Crippen molar-refractivity contribution in [3.8, 4) is 0 Å². The molecule has 2 N–H and O–H groups in total. The van der Waals surface area contributed by atoms with Crippen molar-refractivity contribution in [1.29, 1.82) is 0 Å². The Morgan fingerprint density at radius 1 is 1.09 bits per heavy atom. The number of aliphatic carboxylic acids is 1. The summed E-state index contributed by atoms with van der Waals surface area (Å²) < 4.78 is 0. The molecule has 0 saturated carbocycles. The van der Waals surface area contributed by atoms with Crippen LogP contribution in [0.2, 0.25) is 0 Å². The van der Waals surface area contributed by atoms with Gasteiger partial charge in [0.2, 0.25) is 5.91 Å². The number of amides is 1. The zero-order chi connectivity index (χ0) is 16.4. The van der Waals surface area contributed by atoms with E-state index in [-0.39, 0.29) is 11.8 Å². The van der Waals surface area contributed by atoms with Crippen LogP contribution >= 0.6 is 0 Å². The van der Waals surface area contributed by atoms with E-state index in [0.717, 1.165) is 11.1 Å². The van der Waals surface area contributed by atoms with Crippen molar-refractivity contribution in [1.82, 2.24) is 5.32 Å². The first kappa shape index (κ1) is 15.3. The predicted molar refractivity (Wildman–Crippen MR) is 87.0 cm³/mol. The minimum atomic E-state index is -0.923. The molecule has 1 aliphatic carbocycles. The quantitative estimate of drug-likeness (QED) is 0.892. The Morgan fingerprint density at radius 2 is 1.74 bits per heavy atom. The molecule has 3 unspecified atom stereocenters. The average molecular weight is 309 g/mol. The first-order valence-electron chi connectivity index (χ1n) is 7.74. The monoisotopic (exact) mass is 309 g/mol. The van der Waals surface area contributed by atoms with Crippen molar-refractivity contribution in [2.24, 2.45) is 5.92 Å². The van der Waals surface area contributed by atoms with Gasteiger partial charge in [0, 0.05) is 0 Å². The van der Waals surface area contributed by atoms with Crippen LogP contribution in [0.15, 0.2) is 54.6 Å². The van der Waals surface area contributed by atoms with Gasteiger partial charge < -0.3 is 10.4 Å². The Morgan fingerprint density at radius 3 is 2.39 bits per heavy atom. The van der Waals surface area contributed by atoms with Gasteiger partial charge in [-0.15, -0.1) is 0 Å². The Bertz CT molecular complexity index is 726. The average Bonchev–Trinajstić information content (AvgIpc) is 2.54. The van der Waals surface area contributed by atoms with Crippen LogP contribution in [0.5, 0.6) is 0 Å². The number of hydrogen-bond donors (Lipinski definition) is 2. The van der Waals surface area contributed by atoms with Crippen molar-refractivity contribution in [2.75, 3.05) is 0 Å². The third-order valence-electron chi connectivity index (χ3n) is 4.52. The minimum absolute atomic E-state index is 0.106. The summed E-state index contributed by atoms with van der Waals surface area (Å²) in [5.41, 5.74) is 3.04. The van der Waals surface area contributed by atoms with E-state index in [9.17, 15) is 14.7 Å². The molecule has 1 amide bonds. The number of carboxylic acid groups (broad SMARTS) is 1. The summed E-state index contributed by atoms with van der Waals surface area (Å²) in [5, 5.41) is 12.3. The third-order valence-corrected chi connectivity index (χ3v) is 4.52. The van der Waals surface area contributed by atoms with E-state index in [1.807, 2.05) is 54.6 Å². The maximum Gasteiger partial charge on any atom is 0.308 e. The molecule has 0 heterocycles. The van der Waals surface area contributed by atoms with Crippen LogP contribution in [0, 0.1) is 5.92 Å². The van der Waals surface area contributed by atoms with Gasteiger partial charge in [-0.25, -0.2) is 0 Å². The number of carbonyl (C=O) groups excluding carboxylic acids is 1. The largest absolute Gasteiger partial charge is 0.481 e. The summed E-state index contributed by atoms with van der Waals surface area (Å²) in [6.45, 7) is 1.62. The Balaban J connectivity index is 1.80. The molecule has 0 aliphatic heterocycles. The fraction of sp³-hybridized carbons (Fsp3) is 0.263. The van der Waals surface area contributed by atoms with Gasteiger partial charge in [-0.1, -0.05) is 54.6 Å². The lowest BCUT2D eigenvalue weighted by molar-refractivity contribution is -0.142. The summed E-state index contributed by atoms with van der Waals surface area (Å²) >= 11 is 0. The van der Waals surface area contributed by atoms with Crippen LogP contribution in [-0.2, 0) is 16.0 Å². The first-order valence-corrected chi connectivity index (χ1v) is 7.74. The minimum Gasteiger partial charge on any atom is -0.481 e. The van der Waals surface area contributed by atoms with Gasteiger partial charge in [0.25, 0.3) is 0 Å². The van der Waals surface area contributed by atoms with E-state index < -0.39 is 17.9 Å². The second-order valence-electron chi connectivity index (χ2n) is 5.98. The molecule has 1 aliphatic rings. The molecule has 118 valence electrons. The molecule has 0 saturated heterocycles. The second-order valence-corrected chi connectivity index (χ2v) is 5.98. The third kappa shape index (κ3) is 2.97. The summed E-state index contributed by atoms with van der Waals surface area (Å²) in [6, 6.07) is 16.6. The van der Waals surface area contributed by atoms with E-state index in [1.165, 1.54) is 5.56 Å². The fourth-order valence-electron chi connectivity index (χ4n) is 3.05. The van der Waals surface area contributed by atoms with E-state index in [2.05, 4.69) is 5.32 Å². The van der Waals surface area contributed by atoms with E-state index in [1.54, 1.807) is 6.92 Å². The number of nitrogens with one attached hydrogen (secondary N) is 1. The number of carboxylic acids is 1. The van der Waals surface area contributed by atoms with Gasteiger partial charge in [-0.05, 0) is 30.0 Å². The van der Waals surface area contributed by atoms with Crippen molar-refractivity contribution >= 4 is 11.9 Å². The topological polar surface area (TPSA) is 66.4 Å². The van der Waals surface area contributed by atoms with E-state index in [0.29, 0.717) is 6.42 Å². The highest BCUT2D eigenvalue weighted by molar-refractivity contribution is 5.87. The molecule has 0 spiro atoms. The van der Waals surface area contributed by atoms with E-state index >= 15 is 0 Å². The molecular formula is C19H19NO3. The molecule has 4 nitrogen and oxygen atoms in total. The Hall–Kier alpha value is -2.62. The van der Waals surface area contributed by atoms with Crippen molar-refractivity contribution in [3.05, 3.63) is 71.3 Å². The number of benzene rings is 2. The number of fused-ring (bicyclic) bond motifs is 1. The zero-order valence-corrected chi connectivity index (χ0v) is 12.9. The summed E-state index contributed by atoms with van der Waals surface area (Å²) in [4.78, 5) is 24.0. The van der Waals surface area contributed by atoms with Crippen molar-refractivity contribution < 1.29 is 14.7 Å². The summed E-state index contributed by atoms with van der Waals surface area (Å²) in [6.07, 6.45) is 0.713. The number of carbonyl (C=O) groups is 2. The van der Waals surface area contributed by atoms with Gasteiger partial charge in [-0.2, -0.15) is 0 Å². The van der Waals surface area contributed by atoms with Crippen LogP contribution in [0.3, 0.4) is 0 Å². The van der Waals surface area contributed by atoms with Gasteiger partial charge in [0.15, 0.2) is 0 Å². The Kier molecular flexibility index (Phi) is 4.15. The SMILES string of the molecule is CC(C(=O)O)C(NC(=O)C1Cc2ccccc21)c1ccccc1. The molecule has 4 heteroatoms. The molecule has 3 atom stereocenters. The zero-order valence-electron chi connectivity index (χ0n) is 12.9. The smallest absolute Gasteiger partial charge is 0.308 e. The molecule has 0 bridgehead atoms. The molecule has 3 rings (SSSR count). The van der Waals surface area contributed by atoms with Gasteiger partial charge in [0.1, 0.15) is 0 Å². The number of rotatable bonds is 5. The maximum absolute atomic E-state index is 12.6. The molecule has 2 aromatic rings. The Labute approximate surface area is 135 Å². The summed E-state index contributed by atoms with van der Waals surface area (Å²) in [7, 11) is 0. The molecule has 0 aromatic heterocycles. The normalized spacial score (nSPS) is 18.2. The standard InChI is InChI=1S/C19H19NO3/c1-12(19(22)23)17(13-7-3-2-4-8-13)20-18(21)16-11-14-9-5-6-10-15(14)16/h2-10,12,16-17H,11H2,1H3,(H,20,21)(H,22,23). The molecule has 2 aromatic carbocycles. The lowest BCUT2D eigenvalue weighted by Gasteiger charge is -2.32. The summed E-state index contributed by atoms with van der Waals surface area (Å²) in [5.74, 6) is -1.91. The lowest BCUT2D eigenvalue weighted by atomic mass is 9.77. The predicted octanol–water partition coefficient (Wildman–Crippen LogP) is 2.90.